The minimum atomic E-state index is -0.198. The largest absolute Gasteiger partial charge is 0.394 e. The summed E-state index contributed by atoms with van der Waals surface area (Å²) in [5, 5.41) is 12.6. The zero-order valence-electron chi connectivity index (χ0n) is 8.96. The van der Waals surface area contributed by atoms with E-state index >= 15 is 0 Å². The Morgan fingerprint density at radius 2 is 1.93 bits per heavy atom. The number of rotatable bonds is 5. The number of nitrogens with one attached hydrogen (secondary N) is 1. The lowest BCUT2D eigenvalue weighted by atomic mass is 9.94. The molecule has 0 bridgehead atoms. The van der Waals surface area contributed by atoms with Gasteiger partial charge in [0.25, 0.3) is 0 Å². The first-order chi connectivity index (χ1) is 6.70. The molecular formula is C12H19NO. The van der Waals surface area contributed by atoms with Crippen LogP contribution in [0.2, 0.25) is 0 Å². The molecule has 78 valence electrons. The van der Waals surface area contributed by atoms with E-state index in [-0.39, 0.29) is 12.1 Å². The topological polar surface area (TPSA) is 32.3 Å². The van der Waals surface area contributed by atoms with Crippen LogP contribution >= 0.6 is 0 Å². The van der Waals surface area contributed by atoms with E-state index in [1.165, 1.54) is 5.56 Å². The normalized spacial score (nSPS) is 15.1. The summed E-state index contributed by atoms with van der Waals surface area (Å²) >= 11 is 0. The summed E-state index contributed by atoms with van der Waals surface area (Å²) in [4.78, 5) is 0. The molecule has 0 saturated heterocycles. The first-order valence-corrected chi connectivity index (χ1v) is 5.10. The molecule has 1 atom stereocenters. The molecule has 2 heteroatoms. The van der Waals surface area contributed by atoms with Gasteiger partial charge in [-0.3, -0.25) is 0 Å². The van der Waals surface area contributed by atoms with Gasteiger partial charge < -0.3 is 10.4 Å². The van der Waals surface area contributed by atoms with Gasteiger partial charge >= 0.3 is 0 Å². The highest BCUT2D eigenvalue weighted by atomic mass is 16.3. The summed E-state index contributed by atoms with van der Waals surface area (Å²) in [7, 11) is 0. The van der Waals surface area contributed by atoms with E-state index in [0.29, 0.717) is 0 Å². The third-order valence-electron chi connectivity index (χ3n) is 2.39. The van der Waals surface area contributed by atoms with Gasteiger partial charge in [-0.1, -0.05) is 37.3 Å². The average molecular weight is 193 g/mol. The van der Waals surface area contributed by atoms with Crippen molar-refractivity contribution in [1.82, 2.24) is 5.32 Å². The fraction of sp³-hybridized carbons (Fsp3) is 0.500. The van der Waals surface area contributed by atoms with Gasteiger partial charge in [0.15, 0.2) is 0 Å². The van der Waals surface area contributed by atoms with Gasteiger partial charge in [-0.2, -0.15) is 0 Å². The monoisotopic (exact) mass is 193 g/mol. The van der Waals surface area contributed by atoms with Crippen molar-refractivity contribution >= 4 is 0 Å². The molecule has 0 aliphatic rings. The second-order valence-electron chi connectivity index (χ2n) is 3.91. The van der Waals surface area contributed by atoms with E-state index in [4.69, 9.17) is 0 Å². The lowest BCUT2D eigenvalue weighted by molar-refractivity contribution is 0.176. The molecule has 0 radical (unpaired) electrons. The van der Waals surface area contributed by atoms with E-state index in [9.17, 15) is 5.11 Å². The van der Waals surface area contributed by atoms with Gasteiger partial charge in [0.05, 0.1) is 6.61 Å². The van der Waals surface area contributed by atoms with E-state index in [1.807, 2.05) is 25.1 Å². The Kier molecular flexibility index (Phi) is 4.11. The molecule has 14 heavy (non-hydrogen) atoms. The minimum absolute atomic E-state index is 0.162. The lowest BCUT2D eigenvalue weighted by Gasteiger charge is -2.28. The van der Waals surface area contributed by atoms with Gasteiger partial charge in [-0.05, 0) is 25.5 Å². The first-order valence-electron chi connectivity index (χ1n) is 5.10. The van der Waals surface area contributed by atoms with Crippen LogP contribution in [0.3, 0.4) is 0 Å². The number of likely N-dealkylation sites (N-methyl/N-ethyl adjacent to an activating group) is 1. The Morgan fingerprint density at radius 3 is 2.43 bits per heavy atom. The highest BCUT2D eigenvalue weighted by Gasteiger charge is 2.21. The second kappa shape index (κ2) is 5.13. The third-order valence-corrected chi connectivity index (χ3v) is 2.39. The fourth-order valence-electron chi connectivity index (χ4n) is 1.65. The van der Waals surface area contributed by atoms with Crippen LogP contribution in [0, 0.1) is 0 Å². The van der Waals surface area contributed by atoms with Crippen LogP contribution in [0.5, 0.6) is 0 Å². The van der Waals surface area contributed by atoms with Crippen LogP contribution in [0.1, 0.15) is 19.4 Å². The third kappa shape index (κ3) is 3.13. The smallest absolute Gasteiger partial charge is 0.0613 e. The molecule has 1 aromatic rings. The summed E-state index contributed by atoms with van der Waals surface area (Å²) in [6.45, 7) is 5.14. The minimum Gasteiger partial charge on any atom is -0.394 e. The predicted octanol–water partition coefficient (Wildman–Crippen LogP) is 1.59. The summed E-state index contributed by atoms with van der Waals surface area (Å²) in [6.07, 6.45) is 0.859. The maximum Gasteiger partial charge on any atom is 0.0613 e. The second-order valence-corrected chi connectivity index (χ2v) is 3.91. The van der Waals surface area contributed by atoms with Crippen molar-refractivity contribution in [3.63, 3.8) is 0 Å². The molecule has 0 amide bonds. The SMILES string of the molecule is CCNC(C)(CO)Cc1ccccc1. The van der Waals surface area contributed by atoms with E-state index < -0.39 is 0 Å². The molecule has 1 rings (SSSR count). The summed E-state index contributed by atoms with van der Waals surface area (Å²) in [6, 6.07) is 10.2. The summed E-state index contributed by atoms with van der Waals surface area (Å²) < 4.78 is 0. The van der Waals surface area contributed by atoms with Crippen molar-refractivity contribution in [2.24, 2.45) is 0 Å². The zero-order chi connectivity index (χ0) is 10.4. The first kappa shape index (κ1) is 11.2. The number of aliphatic hydroxyl groups excluding tert-OH is 1. The summed E-state index contributed by atoms with van der Waals surface area (Å²) in [5.74, 6) is 0. The maximum absolute atomic E-state index is 9.32. The maximum atomic E-state index is 9.32. The van der Waals surface area contributed by atoms with Crippen molar-refractivity contribution < 1.29 is 5.11 Å². The molecule has 2 nitrogen and oxygen atoms in total. The molecule has 0 spiro atoms. The van der Waals surface area contributed by atoms with Crippen molar-refractivity contribution in [3.05, 3.63) is 35.9 Å². The molecule has 2 N–H and O–H groups in total. The van der Waals surface area contributed by atoms with E-state index in [0.717, 1.165) is 13.0 Å². The van der Waals surface area contributed by atoms with Gasteiger partial charge in [0.1, 0.15) is 0 Å². The standard InChI is InChI=1S/C12H19NO/c1-3-13-12(2,10-14)9-11-7-5-4-6-8-11/h4-8,13-14H,3,9-10H2,1-2H3. The van der Waals surface area contributed by atoms with Gasteiger partial charge in [-0.25, -0.2) is 0 Å². The fourth-order valence-corrected chi connectivity index (χ4v) is 1.65. The summed E-state index contributed by atoms with van der Waals surface area (Å²) in [5.41, 5.74) is 1.06. The average Bonchev–Trinajstić information content (AvgIpc) is 2.20. The Bertz CT molecular complexity index is 260. The van der Waals surface area contributed by atoms with Crippen LogP contribution < -0.4 is 5.32 Å². The van der Waals surface area contributed by atoms with Crippen molar-refractivity contribution in [1.29, 1.82) is 0 Å². The quantitative estimate of drug-likeness (QED) is 0.744. The van der Waals surface area contributed by atoms with Crippen molar-refractivity contribution in [2.75, 3.05) is 13.2 Å². The van der Waals surface area contributed by atoms with E-state index in [1.54, 1.807) is 0 Å². The molecule has 0 aromatic heterocycles. The molecule has 0 aliphatic carbocycles. The number of benzene rings is 1. The van der Waals surface area contributed by atoms with Crippen LogP contribution in [0.15, 0.2) is 30.3 Å². The number of aliphatic hydroxyl groups is 1. The van der Waals surface area contributed by atoms with Gasteiger partial charge in [-0.15, -0.1) is 0 Å². The molecule has 0 aliphatic heterocycles. The molecule has 1 unspecified atom stereocenters. The van der Waals surface area contributed by atoms with Crippen LogP contribution in [0.4, 0.5) is 0 Å². The Balaban J connectivity index is 2.65. The molecule has 0 fully saturated rings. The molecule has 0 saturated carbocycles. The molecule has 0 heterocycles. The van der Waals surface area contributed by atoms with E-state index in [2.05, 4.69) is 24.4 Å². The zero-order valence-corrected chi connectivity index (χ0v) is 8.96. The number of hydrogen-bond donors (Lipinski definition) is 2. The van der Waals surface area contributed by atoms with Crippen LogP contribution in [-0.4, -0.2) is 23.8 Å². The molecule has 1 aromatic carbocycles. The molecular weight excluding hydrogens is 174 g/mol. The highest BCUT2D eigenvalue weighted by molar-refractivity contribution is 5.17. The Labute approximate surface area is 86.0 Å². The van der Waals surface area contributed by atoms with Crippen molar-refractivity contribution in [3.8, 4) is 0 Å². The Morgan fingerprint density at radius 1 is 1.29 bits per heavy atom. The van der Waals surface area contributed by atoms with Crippen LogP contribution in [-0.2, 0) is 6.42 Å². The predicted molar refractivity (Wildman–Crippen MR) is 59.3 cm³/mol. The Hall–Kier alpha value is -0.860. The highest BCUT2D eigenvalue weighted by Crippen LogP contribution is 2.12. The van der Waals surface area contributed by atoms with Gasteiger partial charge in [0, 0.05) is 5.54 Å². The van der Waals surface area contributed by atoms with Crippen LogP contribution in [0.25, 0.3) is 0 Å². The van der Waals surface area contributed by atoms with Crippen molar-refractivity contribution in [2.45, 2.75) is 25.8 Å². The number of hydrogen-bond acceptors (Lipinski definition) is 2. The lowest BCUT2D eigenvalue weighted by Crippen LogP contribution is -2.47. The van der Waals surface area contributed by atoms with Gasteiger partial charge in [0.2, 0.25) is 0 Å².